The number of amides is 2. The molecule has 2 aromatic heterocycles. The van der Waals surface area contributed by atoms with Gasteiger partial charge in [-0.25, -0.2) is 19.7 Å². The molecule has 0 aliphatic heterocycles. The lowest BCUT2D eigenvalue weighted by Crippen LogP contribution is -2.28. The Morgan fingerprint density at radius 1 is 1.19 bits per heavy atom. The predicted molar refractivity (Wildman–Crippen MR) is 101 cm³/mol. The van der Waals surface area contributed by atoms with Gasteiger partial charge in [0.05, 0.1) is 16.7 Å². The maximum absolute atomic E-state index is 11.6. The number of nitro groups is 1. The van der Waals surface area contributed by atoms with Crippen LogP contribution in [0.3, 0.4) is 0 Å². The van der Waals surface area contributed by atoms with Crippen molar-refractivity contribution < 1.29 is 9.72 Å². The molecule has 1 aromatic carbocycles. The second-order valence-electron chi connectivity index (χ2n) is 5.61. The van der Waals surface area contributed by atoms with Crippen LogP contribution in [0.1, 0.15) is 12.5 Å². The lowest BCUT2D eigenvalue weighted by molar-refractivity contribution is -0.385. The van der Waals surface area contributed by atoms with Crippen LogP contribution in [0.25, 0.3) is 11.2 Å². The topological polar surface area (TPSA) is 135 Å². The molecular formula is C17H17N7O3. The largest absolute Gasteiger partial charge is 0.338 e. The van der Waals surface area contributed by atoms with Crippen LogP contribution in [-0.2, 0) is 0 Å². The summed E-state index contributed by atoms with van der Waals surface area (Å²) in [6.45, 7) is 3.96. The first-order valence-electron chi connectivity index (χ1n) is 8.17. The minimum Gasteiger partial charge on any atom is -0.338 e. The van der Waals surface area contributed by atoms with Crippen molar-refractivity contribution in [3.63, 3.8) is 0 Å². The zero-order valence-corrected chi connectivity index (χ0v) is 14.7. The Morgan fingerprint density at radius 3 is 2.70 bits per heavy atom. The molecule has 3 rings (SSSR count). The second-order valence-corrected chi connectivity index (χ2v) is 5.61. The number of hydrogen-bond acceptors (Lipinski definition) is 7. The molecule has 2 heterocycles. The number of aromatic nitrogens is 3. The van der Waals surface area contributed by atoms with Crippen LogP contribution >= 0.6 is 0 Å². The highest BCUT2D eigenvalue weighted by Gasteiger charge is 2.14. The number of nitrogens with one attached hydrogen (secondary N) is 3. The van der Waals surface area contributed by atoms with E-state index in [-0.39, 0.29) is 11.7 Å². The Labute approximate surface area is 154 Å². The molecule has 0 bridgehead atoms. The summed E-state index contributed by atoms with van der Waals surface area (Å²) < 4.78 is 0. The van der Waals surface area contributed by atoms with Crippen LogP contribution in [0.5, 0.6) is 0 Å². The molecule has 10 nitrogen and oxygen atoms in total. The van der Waals surface area contributed by atoms with Crippen molar-refractivity contribution in [3.05, 3.63) is 52.2 Å². The van der Waals surface area contributed by atoms with Crippen molar-refractivity contribution in [1.29, 1.82) is 0 Å². The fourth-order valence-corrected chi connectivity index (χ4v) is 2.44. The smallest absolute Gasteiger partial charge is 0.320 e. The molecule has 0 aliphatic carbocycles. The molecule has 0 aliphatic rings. The van der Waals surface area contributed by atoms with Crippen molar-refractivity contribution in [1.82, 2.24) is 20.3 Å². The third-order valence-electron chi connectivity index (χ3n) is 3.75. The molecule has 3 aromatic rings. The Bertz CT molecular complexity index is 1020. The van der Waals surface area contributed by atoms with Gasteiger partial charge in [-0.1, -0.05) is 6.07 Å². The van der Waals surface area contributed by atoms with Gasteiger partial charge in [0.25, 0.3) is 5.69 Å². The van der Waals surface area contributed by atoms with E-state index in [0.717, 1.165) is 0 Å². The molecule has 138 valence electrons. The highest BCUT2D eigenvalue weighted by Crippen LogP contribution is 2.27. The van der Waals surface area contributed by atoms with Gasteiger partial charge in [-0.3, -0.25) is 15.4 Å². The molecule has 27 heavy (non-hydrogen) atoms. The highest BCUT2D eigenvalue weighted by atomic mass is 16.6. The number of urea groups is 1. The van der Waals surface area contributed by atoms with Crippen LogP contribution in [0.2, 0.25) is 0 Å². The van der Waals surface area contributed by atoms with Crippen molar-refractivity contribution in [2.45, 2.75) is 13.8 Å². The summed E-state index contributed by atoms with van der Waals surface area (Å²) in [4.78, 5) is 35.2. The number of hydrogen-bond donors (Lipinski definition) is 3. The summed E-state index contributed by atoms with van der Waals surface area (Å²) in [6.07, 6.45) is 1.51. The number of anilines is 3. The van der Waals surface area contributed by atoms with E-state index in [1.807, 2.05) is 6.92 Å². The van der Waals surface area contributed by atoms with E-state index in [1.165, 1.54) is 12.3 Å². The number of pyridine rings is 1. The van der Waals surface area contributed by atoms with Crippen molar-refractivity contribution >= 4 is 40.2 Å². The molecule has 10 heteroatoms. The average molecular weight is 367 g/mol. The zero-order chi connectivity index (χ0) is 19.4. The van der Waals surface area contributed by atoms with Crippen molar-refractivity contribution in [3.8, 4) is 0 Å². The van der Waals surface area contributed by atoms with Gasteiger partial charge >= 0.3 is 6.03 Å². The van der Waals surface area contributed by atoms with E-state index < -0.39 is 4.92 Å². The van der Waals surface area contributed by atoms with Gasteiger partial charge in [-0.2, -0.15) is 0 Å². The van der Waals surface area contributed by atoms with Crippen molar-refractivity contribution in [2.24, 2.45) is 0 Å². The molecule has 0 saturated heterocycles. The fraction of sp³-hybridized carbons (Fsp3) is 0.176. The van der Waals surface area contributed by atoms with Gasteiger partial charge in [-0.05, 0) is 32.0 Å². The van der Waals surface area contributed by atoms with Gasteiger partial charge in [-0.15, -0.1) is 0 Å². The highest BCUT2D eigenvalue weighted by molar-refractivity contribution is 5.89. The minimum absolute atomic E-state index is 0.0142. The quantitative estimate of drug-likeness (QED) is 0.465. The molecule has 0 unspecified atom stereocenters. The number of carbonyl (C=O) groups excluding carboxylic acids is 1. The number of carbonyl (C=O) groups is 1. The molecule has 3 N–H and O–H groups in total. The summed E-state index contributed by atoms with van der Waals surface area (Å²) in [5.74, 6) is 0.722. The van der Waals surface area contributed by atoms with Crippen LogP contribution in [-0.4, -0.2) is 32.5 Å². The molecule has 0 saturated carbocycles. The number of nitro benzene ring substituents is 1. The molecule has 0 radical (unpaired) electrons. The predicted octanol–water partition coefficient (Wildman–Crippen LogP) is 3.13. The first-order chi connectivity index (χ1) is 13.0. The summed E-state index contributed by atoms with van der Waals surface area (Å²) in [7, 11) is 0. The minimum atomic E-state index is -0.437. The number of benzene rings is 1. The standard InChI is InChI=1S/C17H17N7O3/c1-3-18-17(25)23-14-8-7-12-16(21-14)22-15(9-19-12)20-11-5-4-6-13(10(11)2)24(26)27/h4-9H,3H2,1-2H3,(H3,18,20,21,22,23,25). The first kappa shape index (κ1) is 18.0. The Balaban J connectivity index is 1.89. The summed E-state index contributed by atoms with van der Waals surface area (Å²) in [5.41, 5.74) is 1.94. The van der Waals surface area contributed by atoms with Gasteiger partial charge in [0, 0.05) is 18.3 Å². The van der Waals surface area contributed by atoms with Crippen LogP contribution in [0.4, 0.5) is 27.8 Å². The summed E-state index contributed by atoms with van der Waals surface area (Å²) in [6, 6.07) is 7.71. The third kappa shape index (κ3) is 4.06. The van der Waals surface area contributed by atoms with Crippen LogP contribution in [0, 0.1) is 17.0 Å². The number of fused-ring (bicyclic) bond motifs is 1. The Kier molecular flexibility index (Phi) is 5.06. The van der Waals surface area contributed by atoms with E-state index in [1.54, 1.807) is 31.2 Å². The average Bonchev–Trinajstić information content (AvgIpc) is 2.63. The second kappa shape index (κ2) is 7.60. The van der Waals surface area contributed by atoms with E-state index in [0.29, 0.717) is 40.6 Å². The van der Waals surface area contributed by atoms with Crippen LogP contribution in [0.15, 0.2) is 36.5 Å². The molecule has 0 spiro atoms. The Hall–Kier alpha value is -3.82. The SMILES string of the molecule is CCNC(=O)Nc1ccc2ncc(Nc3cccc([N+](=O)[O-])c3C)nc2n1. The van der Waals surface area contributed by atoms with Gasteiger partial charge in [0.2, 0.25) is 0 Å². The van der Waals surface area contributed by atoms with E-state index in [2.05, 4.69) is 30.9 Å². The lowest BCUT2D eigenvalue weighted by atomic mass is 10.1. The fourth-order valence-electron chi connectivity index (χ4n) is 2.44. The maximum atomic E-state index is 11.6. The Morgan fingerprint density at radius 2 is 1.96 bits per heavy atom. The molecule has 0 atom stereocenters. The van der Waals surface area contributed by atoms with E-state index >= 15 is 0 Å². The van der Waals surface area contributed by atoms with Gasteiger partial charge in [0.1, 0.15) is 11.3 Å². The summed E-state index contributed by atoms with van der Waals surface area (Å²) in [5, 5.41) is 19.3. The molecule has 0 fully saturated rings. The normalized spacial score (nSPS) is 10.4. The maximum Gasteiger partial charge on any atom is 0.320 e. The van der Waals surface area contributed by atoms with E-state index in [9.17, 15) is 14.9 Å². The number of rotatable bonds is 5. The van der Waals surface area contributed by atoms with Gasteiger partial charge in [0.15, 0.2) is 11.5 Å². The van der Waals surface area contributed by atoms with E-state index in [4.69, 9.17) is 0 Å². The molecular weight excluding hydrogens is 350 g/mol. The first-order valence-corrected chi connectivity index (χ1v) is 8.17. The lowest BCUT2D eigenvalue weighted by Gasteiger charge is -2.10. The molecule has 2 amide bonds. The summed E-state index contributed by atoms with van der Waals surface area (Å²) >= 11 is 0. The number of nitrogens with zero attached hydrogens (tertiary/aromatic N) is 4. The zero-order valence-electron chi connectivity index (χ0n) is 14.7. The van der Waals surface area contributed by atoms with Crippen LogP contribution < -0.4 is 16.0 Å². The van der Waals surface area contributed by atoms with Gasteiger partial charge < -0.3 is 10.6 Å². The third-order valence-corrected chi connectivity index (χ3v) is 3.75. The van der Waals surface area contributed by atoms with Crippen molar-refractivity contribution in [2.75, 3.05) is 17.2 Å². The monoisotopic (exact) mass is 367 g/mol.